The molecule has 0 heterocycles. The Labute approximate surface area is 536 Å². The fourth-order valence-corrected chi connectivity index (χ4v) is 9.95. The molecule has 0 bridgehead atoms. The number of unbranched alkanes of at least 4 members (excludes halogenated alkanes) is 28. The summed E-state index contributed by atoms with van der Waals surface area (Å²) in [5.74, 6) is -5.26. The average molecular weight is 1270 g/mol. The summed E-state index contributed by atoms with van der Waals surface area (Å²) in [6.45, 7) is 6.53. The van der Waals surface area contributed by atoms with E-state index in [1.807, 2.05) is 0 Å². The van der Waals surface area contributed by atoms with Gasteiger partial charge < -0.3 is 79.4 Å². The van der Waals surface area contributed by atoms with Crippen LogP contribution < -0.4 is 36.6 Å². The number of carboxylic acid groups (broad SMARTS) is 3. The van der Waals surface area contributed by atoms with Crippen LogP contribution in [0.4, 0.5) is 0 Å². The van der Waals surface area contributed by atoms with Gasteiger partial charge in [-0.1, -0.05) is 194 Å². The Kier molecular flexibility index (Phi) is 63.8. The number of nitrogens with zero attached hydrogens (tertiary/aromatic N) is 3. The van der Waals surface area contributed by atoms with E-state index in [-0.39, 0.29) is 90.6 Å². The summed E-state index contributed by atoms with van der Waals surface area (Å²) >= 11 is 0. The molecule has 522 valence electrons. The van der Waals surface area contributed by atoms with Crippen LogP contribution in [0.2, 0.25) is 0 Å². The van der Waals surface area contributed by atoms with Crippen molar-refractivity contribution in [2.24, 2.45) is 0 Å². The van der Waals surface area contributed by atoms with Crippen molar-refractivity contribution < 1.29 is 77.3 Å². The topological polar surface area (TPSA) is 302 Å². The molecule has 0 fully saturated rings. The zero-order valence-electron chi connectivity index (χ0n) is 55.7. The molecular weight excluding hydrogens is 1150 g/mol. The predicted octanol–water partition coefficient (Wildman–Crippen LogP) is 4.23. The van der Waals surface area contributed by atoms with E-state index in [1.54, 1.807) is 0 Å². The van der Waals surface area contributed by atoms with Crippen LogP contribution in [0.1, 0.15) is 219 Å². The maximum absolute atomic E-state index is 12.7. The highest BCUT2D eigenvalue weighted by atomic mass is 16.5. The predicted molar refractivity (Wildman–Crippen MR) is 340 cm³/mol. The third-order valence-electron chi connectivity index (χ3n) is 15.0. The van der Waals surface area contributed by atoms with Gasteiger partial charge in [0.2, 0.25) is 23.6 Å². The van der Waals surface area contributed by atoms with Crippen molar-refractivity contribution >= 4 is 41.5 Å². The van der Waals surface area contributed by atoms with Crippen molar-refractivity contribution in [2.45, 2.75) is 219 Å². The van der Waals surface area contributed by atoms with Gasteiger partial charge in [-0.3, -0.25) is 33.9 Å². The minimum atomic E-state index is -1.45. The van der Waals surface area contributed by atoms with Crippen molar-refractivity contribution in [1.29, 1.82) is 0 Å². The van der Waals surface area contributed by atoms with Crippen LogP contribution in [0.15, 0.2) is 0 Å². The number of carboxylic acids is 3. The summed E-state index contributed by atoms with van der Waals surface area (Å²) in [5, 5.41) is 45.8. The van der Waals surface area contributed by atoms with Gasteiger partial charge in [-0.25, -0.2) is 0 Å². The molecule has 0 atom stereocenters. The van der Waals surface area contributed by atoms with Crippen LogP contribution in [0, 0.1) is 0 Å². The van der Waals surface area contributed by atoms with E-state index in [9.17, 15) is 48.9 Å². The van der Waals surface area contributed by atoms with Gasteiger partial charge in [0.15, 0.2) is 0 Å². The van der Waals surface area contributed by atoms with Crippen molar-refractivity contribution in [3.8, 4) is 0 Å². The zero-order valence-corrected chi connectivity index (χ0v) is 55.7. The van der Waals surface area contributed by atoms with Crippen LogP contribution in [-0.4, -0.2) is 221 Å². The first-order valence-electron chi connectivity index (χ1n) is 34.7. The highest BCUT2D eigenvalue weighted by Gasteiger charge is 2.17. The van der Waals surface area contributed by atoms with E-state index in [1.165, 1.54) is 182 Å². The van der Waals surface area contributed by atoms with Crippen LogP contribution in [0.5, 0.6) is 0 Å². The Balaban J connectivity index is 4.10. The molecule has 0 saturated heterocycles. The smallest absolute Gasteiger partial charge is 0.234 e. The van der Waals surface area contributed by atoms with Crippen molar-refractivity contribution in [2.75, 3.05) is 164 Å². The van der Waals surface area contributed by atoms with Gasteiger partial charge in [-0.15, -0.1) is 0 Å². The van der Waals surface area contributed by atoms with Gasteiger partial charge in [0.25, 0.3) is 0 Å². The first-order valence-corrected chi connectivity index (χ1v) is 34.7. The molecule has 0 aliphatic rings. The molecule has 0 aliphatic carbocycles. The molecule has 89 heavy (non-hydrogen) atoms. The van der Waals surface area contributed by atoms with Gasteiger partial charge in [-0.05, 0) is 12.8 Å². The third-order valence-corrected chi connectivity index (χ3v) is 15.0. The van der Waals surface area contributed by atoms with E-state index < -0.39 is 49.4 Å². The van der Waals surface area contributed by atoms with Gasteiger partial charge in [0.1, 0.15) is 0 Å². The zero-order chi connectivity index (χ0) is 65.1. The summed E-state index contributed by atoms with van der Waals surface area (Å²) in [4.78, 5) is 88.3. The van der Waals surface area contributed by atoms with Crippen LogP contribution in [0.3, 0.4) is 0 Å². The second-order valence-electron chi connectivity index (χ2n) is 23.3. The number of ether oxygens (including phenoxy) is 6. The summed E-state index contributed by atoms with van der Waals surface area (Å²) in [6.07, 6.45) is 39.7. The number of rotatable bonds is 72. The second kappa shape index (κ2) is 66.8. The molecule has 0 spiro atoms. The Morgan fingerprint density at radius 2 is 0.461 bits per heavy atom. The number of amides is 4. The second-order valence-corrected chi connectivity index (χ2v) is 23.3. The number of hydrogen-bond acceptors (Lipinski definition) is 19. The van der Waals surface area contributed by atoms with E-state index in [2.05, 4.69) is 35.1 Å². The first-order chi connectivity index (χ1) is 43.4. The quantitative estimate of drug-likeness (QED) is 0.0620. The summed E-state index contributed by atoms with van der Waals surface area (Å²) < 4.78 is 33.1. The summed E-state index contributed by atoms with van der Waals surface area (Å²) in [6, 6.07) is 0. The van der Waals surface area contributed by atoms with Crippen molar-refractivity contribution in [3.05, 3.63) is 0 Å². The lowest BCUT2D eigenvalue weighted by molar-refractivity contribution is -0.308. The standard InChI is InChI=1S/C66H127N7O16/c1-3-5-7-9-11-13-15-17-19-21-23-25-27-29-31-33-60(74)67-35-43-84-47-51-88-53-49-86-45-37-69-62(76)55-72(58-65(80)81)41-39-71(57-64(78)79)40-42-73(59-66(82)83)56-63(77)70-38-46-87-50-54-89-52-48-85-44-36-68-61(75)34-32-30-28-26-24-22-20-18-16-14-12-10-8-6-4-2/h3-59H2,1-2H3,(H,67,74)(H,68,75)(H,69,76)(H,70,77)(H,78,79)(H,80,81)(H,82,83)/p-3. The monoisotopic (exact) mass is 1270 g/mol. The fraction of sp³-hybridized carbons (Fsp3) is 0.894. The maximum atomic E-state index is 12.7. The highest BCUT2D eigenvalue weighted by Crippen LogP contribution is 2.15. The number of hydrogen-bond donors (Lipinski definition) is 4. The number of carbonyl (C=O) groups is 7. The van der Waals surface area contributed by atoms with Gasteiger partial charge in [-0.2, -0.15) is 0 Å². The molecule has 0 rings (SSSR count). The Hall–Kier alpha value is -4.07. The minimum Gasteiger partial charge on any atom is -0.549 e. The minimum absolute atomic E-state index is 0.0441. The molecule has 0 unspecified atom stereocenters. The molecule has 0 radical (unpaired) electrons. The molecule has 0 aromatic heterocycles. The summed E-state index contributed by atoms with van der Waals surface area (Å²) in [7, 11) is 0. The first kappa shape index (κ1) is 84.9. The van der Waals surface area contributed by atoms with Crippen molar-refractivity contribution in [1.82, 2.24) is 36.0 Å². The van der Waals surface area contributed by atoms with Crippen LogP contribution >= 0.6 is 0 Å². The lowest BCUT2D eigenvalue weighted by Gasteiger charge is -2.30. The number of carbonyl (C=O) groups excluding carboxylic acids is 7. The van der Waals surface area contributed by atoms with E-state index >= 15 is 0 Å². The average Bonchev–Trinajstić information content (AvgIpc) is 3.68. The van der Waals surface area contributed by atoms with Gasteiger partial charge in [0.05, 0.1) is 110 Å². The number of aliphatic carboxylic acids is 3. The normalized spacial score (nSPS) is 11.5. The maximum Gasteiger partial charge on any atom is 0.234 e. The Morgan fingerprint density at radius 1 is 0.258 bits per heavy atom. The Morgan fingerprint density at radius 3 is 0.708 bits per heavy atom. The van der Waals surface area contributed by atoms with E-state index in [0.717, 1.165) is 25.7 Å². The SMILES string of the molecule is CCCCCCCCCCCCCCCCCC(=O)NCCOCCOCCOCCNC(=O)CN(CCN(CCN(CC(=O)[O-])CC(=O)NCCOCCOCCOCCNC(=O)CCCCCCCCCCCCCCCCC)CC(=O)[O-])CC(=O)[O-]. The molecule has 0 aromatic carbocycles. The molecule has 0 saturated carbocycles. The lowest BCUT2D eigenvalue weighted by Crippen LogP contribution is -2.50. The largest absolute Gasteiger partial charge is 0.549 e. The molecular formula is C66H124N7O16-3. The molecule has 4 N–H and O–H groups in total. The number of nitrogens with one attached hydrogen (secondary N) is 4. The highest BCUT2D eigenvalue weighted by molar-refractivity contribution is 5.79. The molecule has 4 amide bonds. The molecule has 23 nitrogen and oxygen atoms in total. The van der Waals surface area contributed by atoms with E-state index in [0.29, 0.717) is 78.8 Å². The third kappa shape index (κ3) is 66.7. The Bertz CT molecular complexity index is 1580. The van der Waals surface area contributed by atoms with E-state index in [4.69, 9.17) is 28.4 Å². The van der Waals surface area contributed by atoms with Crippen LogP contribution in [-0.2, 0) is 62.0 Å². The molecule has 0 aliphatic heterocycles. The molecule has 0 aromatic rings. The van der Waals surface area contributed by atoms with Gasteiger partial charge in [0, 0.05) is 84.8 Å². The molecule has 23 heteroatoms. The lowest BCUT2D eigenvalue weighted by atomic mass is 10.0. The fourth-order valence-electron chi connectivity index (χ4n) is 9.95. The summed E-state index contributed by atoms with van der Waals surface area (Å²) in [5.41, 5.74) is 0. The van der Waals surface area contributed by atoms with Crippen LogP contribution in [0.25, 0.3) is 0 Å². The van der Waals surface area contributed by atoms with Crippen molar-refractivity contribution in [3.63, 3.8) is 0 Å². The van der Waals surface area contributed by atoms with Gasteiger partial charge >= 0.3 is 0 Å².